The lowest BCUT2D eigenvalue weighted by Crippen LogP contribution is -2.42. The smallest absolute Gasteiger partial charge is 0.269 e. The third kappa shape index (κ3) is 1.76. The lowest BCUT2D eigenvalue weighted by atomic mass is 10.1. The third-order valence-electron chi connectivity index (χ3n) is 5.01. The summed E-state index contributed by atoms with van der Waals surface area (Å²) in [4.78, 5) is 13.7. The maximum absolute atomic E-state index is 11.8. The molecule has 5 heteroatoms. The Hall–Kier alpha value is -2.04. The number of aryl methyl sites for hydroxylation is 1. The van der Waals surface area contributed by atoms with Crippen LogP contribution in [-0.4, -0.2) is 28.4 Å². The van der Waals surface area contributed by atoms with Gasteiger partial charge in [-0.2, -0.15) is 4.79 Å². The molecule has 1 aromatic heterocycles. The first kappa shape index (κ1) is 12.7. The Labute approximate surface area is 123 Å². The molecule has 2 N–H and O–H groups in total. The van der Waals surface area contributed by atoms with Crippen LogP contribution in [0, 0.1) is 5.92 Å². The Morgan fingerprint density at radius 2 is 2.29 bits per heavy atom. The van der Waals surface area contributed by atoms with Crippen molar-refractivity contribution in [2.24, 2.45) is 11.7 Å². The zero-order valence-corrected chi connectivity index (χ0v) is 12.2. The van der Waals surface area contributed by atoms with Gasteiger partial charge in [-0.05, 0) is 43.2 Å². The number of carbonyl (C=O) groups is 1. The minimum atomic E-state index is -0.441. The molecule has 0 radical (unpaired) electrons. The second-order valence-corrected chi connectivity index (χ2v) is 6.22. The number of fused-ring (bicyclic) bond motifs is 3. The van der Waals surface area contributed by atoms with Crippen LogP contribution in [0.3, 0.4) is 0 Å². The van der Waals surface area contributed by atoms with Crippen LogP contribution in [0.1, 0.15) is 42.2 Å². The molecule has 1 saturated heterocycles. The summed E-state index contributed by atoms with van der Waals surface area (Å²) in [6.07, 6.45) is 4.67. The Bertz CT molecular complexity index is 720. The summed E-state index contributed by atoms with van der Waals surface area (Å²) in [5.41, 5.74) is 8.11. The summed E-state index contributed by atoms with van der Waals surface area (Å²) in [7, 11) is 0. The summed E-state index contributed by atoms with van der Waals surface area (Å²) < 4.78 is 0. The van der Waals surface area contributed by atoms with Gasteiger partial charge in [0.15, 0.2) is 5.69 Å². The average Bonchev–Trinajstić information content (AvgIpc) is 3.19. The fourth-order valence-electron chi connectivity index (χ4n) is 4.02. The largest absolute Gasteiger partial charge is 0.364 e. The van der Waals surface area contributed by atoms with Crippen LogP contribution in [0.25, 0.3) is 10.9 Å². The standard InChI is InChI=1S/C16H20N4O/c1-2-11-4-3-5-13-14(11)15(16(17)21)18-20(13)19-9-10-6-7-12(19)8-10/h3-5,10,12H,2,6-9H2,1H3,(H2,17,21). The maximum Gasteiger partial charge on any atom is 0.269 e. The van der Waals surface area contributed by atoms with Crippen molar-refractivity contribution < 1.29 is 4.79 Å². The van der Waals surface area contributed by atoms with Crippen LogP contribution in [0.4, 0.5) is 0 Å². The fourth-order valence-corrected chi connectivity index (χ4v) is 4.02. The van der Waals surface area contributed by atoms with Crippen LogP contribution in [0.5, 0.6) is 0 Å². The SMILES string of the molecule is CCc1cccc2c1c(C(N)=O)nn2N1CC2CCC1C2. The number of hydrogen-bond acceptors (Lipinski definition) is 3. The van der Waals surface area contributed by atoms with E-state index < -0.39 is 5.91 Å². The second kappa shape index (κ2) is 4.48. The van der Waals surface area contributed by atoms with Crippen LogP contribution in [0.15, 0.2) is 18.2 Å². The lowest BCUT2D eigenvalue weighted by Gasteiger charge is -2.29. The molecule has 1 aliphatic heterocycles. The summed E-state index contributed by atoms with van der Waals surface area (Å²) in [5, 5.41) is 7.81. The van der Waals surface area contributed by atoms with E-state index in [0.29, 0.717) is 11.7 Å². The highest BCUT2D eigenvalue weighted by atomic mass is 16.1. The van der Waals surface area contributed by atoms with Crippen molar-refractivity contribution in [3.8, 4) is 0 Å². The Morgan fingerprint density at radius 1 is 1.43 bits per heavy atom. The number of piperidine rings is 1. The first-order valence-corrected chi connectivity index (χ1v) is 7.76. The monoisotopic (exact) mass is 284 g/mol. The van der Waals surface area contributed by atoms with Crippen molar-refractivity contribution >= 4 is 16.8 Å². The van der Waals surface area contributed by atoms with Crippen molar-refractivity contribution in [2.75, 3.05) is 11.6 Å². The molecular weight excluding hydrogens is 264 g/mol. The van der Waals surface area contributed by atoms with Gasteiger partial charge in [0.2, 0.25) is 0 Å². The molecule has 2 aromatic rings. The zero-order valence-electron chi connectivity index (χ0n) is 12.2. The number of rotatable bonds is 3. The van der Waals surface area contributed by atoms with Gasteiger partial charge in [0.05, 0.1) is 5.52 Å². The molecule has 0 spiro atoms. The minimum absolute atomic E-state index is 0.408. The zero-order chi connectivity index (χ0) is 14.6. The quantitative estimate of drug-likeness (QED) is 0.935. The predicted octanol–water partition coefficient (Wildman–Crippen LogP) is 1.82. The minimum Gasteiger partial charge on any atom is -0.364 e. The van der Waals surface area contributed by atoms with Crippen molar-refractivity contribution in [1.29, 1.82) is 0 Å². The fraction of sp³-hybridized carbons (Fsp3) is 0.500. The van der Waals surface area contributed by atoms with Crippen molar-refractivity contribution in [1.82, 2.24) is 9.89 Å². The summed E-state index contributed by atoms with van der Waals surface area (Å²) in [5.74, 6) is 0.338. The molecule has 2 unspecified atom stereocenters. The summed E-state index contributed by atoms with van der Waals surface area (Å²) in [6, 6.07) is 6.69. The van der Waals surface area contributed by atoms with E-state index >= 15 is 0 Å². The number of hydrogen-bond donors (Lipinski definition) is 1. The van der Waals surface area contributed by atoms with Gasteiger partial charge in [0.1, 0.15) is 0 Å². The van der Waals surface area contributed by atoms with Crippen LogP contribution < -0.4 is 10.7 Å². The highest BCUT2D eigenvalue weighted by molar-refractivity contribution is 6.05. The summed E-state index contributed by atoms with van der Waals surface area (Å²) >= 11 is 0. The molecule has 5 nitrogen and oxygen atoms in total. The van der Waals surface area contributed by atoms with Gasteiger partial charge < -0.3 is 5.73 Å². The van der Waals surface area contributed by atoms with Gasteiger partial charge in [-0.15, -0.1) is 5.10 Å². The lowest BCUT2D eigenvalue weighted by molar-refractivity contribution is 0.0996. The molecule has 2 bridgehead atoms. The highest BCUT2D eigenvalue weighted by Crippen LogP contribution is 2.37. The first-order valence-electron chi connectivity index (χ1n) is 7.76. The van der Waals surface area contributed by atoms with Crippen LogP contribution in [0.2, 0.25) is 0 Å². The van der Waals surface area contributed by atoms with Crippen molar-refractivity contribution in [2.45, 2.75) is 38.6 Å². The second-order valence-electron chi connectivity index (χ2n) is 6.22. The molecule has 1 saturated carbocycles. The number of nitrogens with two attached hydrogens (primary N) is 1. The van der Waals surface area contributed by atoms with Crippen molar-refractivity contribution in [3.05, 3.63) is 29.5 Å². The van der Waals surface area contributed by atoms with E-state index in [1.54, 1.807) is 0 Å². The highest BCUT2D eigenvalue weighted by Gasteiger charge is 2.39. The van der Waals surface area contributed by atoms with E-state index in [-0.39, 0.29) is 0 Å². The molecule has 1 aliphatic carbocycles. The van der Waals surface area contributed by atoms with E-state index in [1.165, 1.54) is 19.3 Å². The number of primary amides is 1. The van der Waals surface area contributed by atoms with E-state index in [0.717, 1.165) is 35.3 Å². The van der Waals surface area contributed by atoms with E-state index in [4.69, 9.17) is 5.73 Å². The Balaban J connectivity index is 1.92. The molecule has 21 heavy (non-hydrogen) atoms. The normalized spacial score (nSPS) is 24.1. The average molecular weight is 284 g/mol. The molecule has 2 fully saturated rings. The van der Waals surface area contributed by atoms with Gasteiger partial charge >= 0.3 is 0 Å². The van der Waals surface area contributed by atoms with Gasteiger partial charge in [-0.25, -0.2) is 0 Å². The van der Waals surface area contributed by atoms with Gasteiger partial charge in [-0.3, -0.25) is 9.80 Å². The number of carbonyl (C=O) groups excluding carboxylic acids is 1. The molecule has 2 heterocycles. The molecule has 110 valence electrons. The van der Waals surface area contributed by atoms with Gasteiger partial charge in [0, 0.05) is 18.0 Å². The molecule has 2 atom stereocenters. The van der Waals surface area contributed by atoms with Gasteiger partial charge in [-0.1, -0.05) is 19.1 Å². The number of aromatic nitrogens is 2. The molecular formula is C16H20N4O. The first-order chi connectivity index (χ1) is 10.2. The van der Waals surface area contributed by atoms with Crippen molar-refractivity contribution in [3.63, 3.8) is 0 Å². The Morgan fingerprint density at radius 3 is 2.90 bits per heavy atom. The van der Waals surface area contributed by atoms with Crippen LogP contribution in [-0.2, 0) is 6.42 Å². The number of amides is 1. The van der Waals surface area contributed by atoms with E-state index in [1.807, 2.05) is 16.9 Å². The molecule has 2 aliphatic rings. The molecule has 1 amide bonds. The van der Waals surface area contributed by atoms with E-state index in [9.17, 15) is 4.79 Å². The number of nitrogens with zero attached hydrogens (tertiary/aromatic N) is 3. The molecule has 4 rings (SSSR count). The Kier molecular flexibility index (Phi) is 2.71. The van der Waals surface area contributed by atoms with Crippen LogP contribution >= 0.6 is 0 Å². The van der Waals surface area contributed by atoms with E-state index in [2.05, 4.69) is 23.1 Å². The number of benzene rings is 1. The molecule has 1 aromatic carbocycles. The maximum atomic E-state index is 11.8. The summed E-state index contributed by atoms with van der Waals surface area (Å²) in [6.45, 7) is 3.13. The van der Waals surface area contributed by atoms with Gasteiger partial charge in [0.25, 0.3) is 5.91 Å². The predicted molar refractivity (Wildman–Crippen MR) is 81.8 cm³/mol. The third-order valence-corrected chi connectivity index (χ3v) is 5.01. The topological polar surface area (TPSA) is 64.2 Å².